The lowest BCUT2D eigenvalue weighted by atomic mass is 10.1. The topological polar surface area (TPSA) is 237 Å². The zero-order valence-electron chi connectivity index (χ0n) is 64.4. The summed E-state index contributed by atoms with van der Waals surface area (Å²) < 4.78 is 68.4. The van der Waals surface area contributed by atoms with Gasteiger partial charge in [-0.05, 0) is 154 Å². The minimum atomic E-state index is -5.01. The molecular weight excluding hydrogens is 1350 g/mol. The summed E-state index contributed by atoms with van der Waals surface area (Å²) in [6, 6.07) is 0. The third-order valence-electron chi connectivity index (χ3n) is 15.7. The van der Waals surface area contributed by atoms with Gasteiger partial charge >= 0.3 is 39.5 Å². The molecule has 0 saturated heterocycles. The van der Waals surface area contributed by atoms with Gasteiger partial charge in [0.25, 0.3) is 0 Å². The number of hydrogen-bond donors (Lipinski definition) is 3. The van der Waals surface area contributed by atoms with Gasteiger partial charge in [0.2, 0.25) is 0 Å². The minimum absolute atomic E-state index is 0.0278. The molecule has 0 aromatic carbocycles. The molecule has 0 radical (unpaired) electrons. The largest absolute Gasteiger partial charge is 0.472 e. The monoisotopic (exact) mass is 1490 g/mol. The van der Waals surface area contributed by atoms with E-state index in [4.69, 9.17) is 37.0 Å². The number of aliphatic hydroxyl groups excluding tert-OH is 1. The van der Waals surface area contributed by atoms with E-state index in [0.717, 1.165) is 186 Å². The molecule has 0 saturated carbocycles. The van der Waals surface area contributed by atoms with Crippen molar-refractivity contribution in [3.05, 3.63) is 170 Å². The Balaban J connectivity index is 5.44. The molecule has 0 amide bonds. The van der Waals surface area contributed by atoms with E-state index in [0.29, 0.717) is 32.1 Å². The van der Waals surface area contributed by atoms with Crippen molar-refractivity contribution in [2.24, 2.45) is 0 Å². The van der Waals surface area contributed by atoms with Crippen LogP contribution in [0.25, 0.3) is 0 Å². The van der Waals surface area contributed by atoms with Crippen LogP contribution in [-0.2, 0) is 65.4 Å². The first-order valence-electron chi connectivity index (χ1n) is 39.4. The summed E-state index contributed by atoms with van der Waals surface area (Å²) in [4.78, 5) is 72.9. The maximum Gasteiger partial charge on any atom is 0.472 e. The molecule has 0 aliphatic carbocycles. The zero-order chi connectivity index (χ0) is 76.0. The molecule has 0 aromatic heterocycles. The Hall–Kier alpha value is -5.58. The summed E-state index contributed by atoms with van der Waals surface area (Å²) in [7, 11) is -10.00. The van der Waals surface area contributed by atoms with E-state index < -0.39 is 97.5 Å². The SMILES string of the molecule is CC/C=C\C/C=C\C/C=C\C/C=C\C/C=C\C/C=C\CCC(=O)OCC(COP(=O)(O)OCC(O)COP(=O)(O)OCC(COC(=O)CCCCCC/C=C\C/C=C\C/C=C\C/C=C\CC)OC(=O)CCCCCCC/C=C\CCCC)OC(=O)CCCCCCCCC/C=C\C/C=C\C/C=C\CC. The van der Waals surface area contributed by atoms with Gasteiger partial charge in [-0.1, -0.05) is 275 Å². The van der Waals surface area contributed by atoms with Crippen LogP contribution in [0.3, 0.4) is 0 Å². The van der Waals surface area contributed by atoms with Crippen molar-refractivity contribution < 1.29 is 80.2 Å². The summed E-state index contributed by atoms with van der Waals surface area (Å²) in [5.41, 5.74) is 0. The fourth-order valence-corrected chi connectivity index (χ4v) is 11.3. The number of rotatable bonds is 72. The zero-order valence-corrected chi connectivity index (χ0v) is 66.2. The predicted octanol–water partition coefficient (Wildman–Crippen LogP) is 23.0. The van der Waals surface area contributed by atoms with Crippen molar-refractivity contribution >= 4 is 39.5 Å². The average molecular weight is 1490 g/mol. The van der Waals surface area contributed by atoms with Gasteiger partial charge in [0.15, 0.2) is 12.2 Å². The molecule has 0 spiro atoms. The lowest BCUT2D eigenvalue weighted by molar-refractivity contribution is -0.161. The normalized spacial score (nSPS) is 14.8. The van der Waals surface area contributed by atoms with Gasteiger partial charge in [0.05, 0.1) is 26.4 Å². The first-order chi connectivity index (χ1) is 50.7. The lowest BCUT2D eigenvalue weighted by Gasteiger charge is -2.21. The van der Waals surface area contributed by atoms with Gasteiger partial charge in [0, 0.05) is 25.7 Å². The van der Waals surface area contributed by atoms with E-state index in [1.54, 1.807) is 0 Å². The second-order valence-corrected chi connectivity index (χ2v) is 28.4. The van der Waals surface area contributed by atoms with Crippen LogP contribution in [0, 0.1) is 0 Å². The van der Waals surface area contributed by atoms with Crippen LogP contribution in [-0.4, -0.2) is 96.7 Å². The second-order valence-electron chi connectivity index (χ2n) is 25.5. The Labute approximate surface area is 629 Å². The molecule has 0 bridgehead atoms. The lowest BCUT2D eigenvalue weighted by Crippen LogP contribution is -2.30. The summed E-state index contributed by atoms with van der Waals surface area (Å²) in [5.74, 6) is -2.33. The van der Waals surface area contributed by atoms with Gasteiger partial charge in [-0.3, -0.25) is 37.3 Å². The fourth-order valence-electron chi connectivity index (χ4n) is 9.76. The van der Waals surface area contributed by atoms with Gasteiger partial charge in [0.1, 0.15) is 19.3 Å². The maximum absolute atomic E-state index is 13.1. The molecule has 0 heterocycles. The van der Waals surface area contributed by atoms with Crippen LogP contribution in [0.5, 0.6) is 0 Å². The number of carbonyl (C=O) groups is 4. The molecular formula is C85H138O17P2. The number of phosphoric ester groups is 2. The van der Waals surface area contributed by atoms with Gasteiger partial charge in [-0.2, -0.15) is 0 Å². The summed E-state index contributed by atoms with van der Waals surface area (Å²) >= 11 is 0. The highest BCUT2D eigenvalue weighted by Gasteiger charge is 2.30. The number of unbranched alkanes of at least 4 members (excludes halogenated alkanes) is 18. The van der Waals surface area contributed by atoms with Crippen molar-refractivity contribution in [1.29, 1.82) is 0 Å². The Morgan fingerprint density at radius 2 is 0.519 bits per heavy atom. The molecule has 104 heavy (non-hydrogen) atoms. The Morgan fingerprint density at radius 1 is 0.279 bits per heavy atom. The van der Waals surface area contributed by atoms with E-state index in [1.807, 2.05) is 18.2 Å². The highest BCUT2D eigenvalue weighted by molar-refractivity contribution is 7.47. The van der Waals surface area contributed by atoms with Crippen molar-refractivity contribution in [2.75, 3.05) is 39.6 Å². The standard InChI is InChI=1S/C85H138O17P2/c1-5-9-13-17-21-25-29-32-35-38-39-42-44-47-51-54-58-62-66-70-83(88)96-76-81(102-85(90)72-68-64-60-56-52-48-45-41-37-34-31-27-23-19-15-11-7-3)78-100-104(93,94)98-74-79(86)73-97-103(91,92)99-77-80(101-84(89)71-67-63-59-55-49-28-24-20-16-12-8-4)75-95-82(87)69-65-61-57-53-50-46-43-40-36-33-30-26-22-18-14-10-6-2/h9-11,13-15,20-27,32-37,39,42-43,46-47,51,58,62,79-81,86H,5-8,12,16-19,28-31,38,40-41,44-45,48-50,52-57,59-61,63-78H2,1-4H3,(H,91,92)(H,93,94)/b13-9-,14-10-,15-11-,24-20-,25-21-,26-22-,27-23-,35-32-,36-33-,37-34-,42-39-,46-43-,51-47-,62-58-. The molecule has 19 heteroatoms. The maximum atomic E-state index is 13.1. The molecule has 0 aromatic rings. The summed E-state index contributed by atoms with van der Waals surface area (Å²) in [6.07, 6.45) is 89.3. The number of hydrogen-bond acceptors (Lipinski definition) is 15. The first kappa shape index (κ1) is 98.4. The molecule has 0 fully saturated rings. The quantitative estimate of drug-likeness (QED) is 0.0169. The molecule has 0 aliphatic rings. The highest BCUT2D eigenvalue weighted by atomic mass is 31.2. The number of phosphoric acid groups is 2. The van der Waals surface area contributed by atoms with E-state index in [-0.39, 0.29) is 25.7 Å². The van der Waals surface area contributed by atoms with Gasteiger partial charge < -0.3 is 33.8 Å². The van der Waals surface area contributed by atoms with E-state index in [2.05, 4.69) is 180 Å². The number of aliphatic hydroxyl groups is 1. The van der Waals surface area contributed by atoms with Crippen LogP contribution in [0.1, 0.15) is 285 Å². The number of ether oxygens (including phenoxy) is 4. The van der Waals surface area contributed by atoms with Crippen molar-refractivity contribution in [2.45, 2.75) is 303 Å². The predicted molar refractivity (Wildman–Crippen MR) is 426 cm³/mol. The molecule has 5 atom stereocenters. The van der Waals surface area contributed by atoms with Crippen LogP contribution >= 0.6 is 15.6 Å². The molecule has 0 rings (SSSR count). The van der Waals surface area contributed by atoms with Gasteiger partial charge in [-0.15, -0.1) is 0 Å². The van der Waals surface area contributed by atoms with Crippen molar-refractivity contribution in [1.82, 2.24) is 0 Å². The molecule has 5 unspecified atom stereocenters. The Morgan fingerprint density at radius 3 is 0.837 bits per heavy atom. The first-order valence-corrected chi connectivity index (χ1v) is 42.4. The smallest absolute Gasteiger partial charge is 0.462 e. The van der Waals surface area contributed by atoms with Crippen molar-refractivity contribution in [3.8, 4) is 0 Å². The molecule has 3 N–H and O–H groups in total. The van der Waals surface area contributed by atoms with Gasteiger partial charge in [-0.25, -0.2) is 9.13 Å². The third kappa shape index (κ3) is 74.7. The van der Waals surface area contributed by atoms with Crippen LogP contribution < -0.4 is 0 Å². The van der Waals surface area contributed by atoms with Crippen LogP contribution in [0.2, 0.25) is 0 Å². The number of allylic oxidation sites excluding steroid dienone is 28. The summed E-state index contributed by atoms with van der Waals surface area (Å²) in [6.45, 7) is 4.34. The van der Waals surface area contributed by atoms with E-state index in [1.165, 1.54) is 12.8 Å². The summed E-state index contributed by atoms with van der Waals surface area (Å²) in [5, 5.41) is 10.6. The van der Waals surface area contributed by atoms with Crippen LogP contribution in [0.15, 0.2) is 170 Å². The molecule has 17 nitrogen and oxygen atoms in total. The Kier molecular flexibility index (Phi) is 71.6. The fraction of sp³-hybridized carbons (Fsp3) is 0.624. The molecule has 0 aliphatic heterocycles. The van der Waals surface area contributed by atoms with E-state index in [9.17, 15) is 43.2 Å². The Bertz CT molecular complexity index is 2640. The third-order valence-corrected chi connectivity index (χ3v) is 17.6. The number of esters is 4. The molecule has 590 valence electrons. The van der Waals surface area contributed by atoms with Crippen molar-refractivity contribution in [3.63, 3.8) is 0 Å². The highest BCUT2D eigenvalue weighted by Crippen LogP contribution is 2.45. The minimum Gasteiger partial charge on any atom is -0.462 e. The number of carbonyl (C=O) groups excluding carboxylic acids is 4. The van der Waals surface area contributed by atoms with E-state index >= 15 is 0 Å². The van der Waals surface area contributed by atoms with Crippen LogP contribution in [0.4, 0.5) is 0 Å². The second kappa shape index (κ2) is 75.6. The average Bonchev–Trinajstić information content (AvgIpc) is 0.931.